The molecule has 4 rings (SSSR count). The Morgan fingerprint density at radius 1 is 1.20 bits per heavy atom. The predicted octanol–water partition coefficient (Wildman–Crippen LogP) is 2.95. The lowest BCUT2D eigenvalue weighted by atomic mass is 10.1. The first-order valence-electron chi connectivity index (χ1n) is 9.97. The number of piperazine rings is 1. The number of aryl methyl sites for hydroxylation is 1. The first kappa shape index (κ1) is 21.0. The van der Waals surface area contributed by atoms with Crippen LogP contribution >= 0.6 is 11.3 Å². The third kappa shape index (κ3) is 4.58. The van der Waals surface area contributed by atoms with Crippen LogP contribution in [-0.4, -0.2) is 61.5 Å². The molecule has 0 aliphatic carbocycles. The van der Waals surface area contributed by atoms with Crippen molar-refractivity contribution in [3.05, 3.63) is 51.7 Å². The van der Waals surface area contributed by atoms with Gasteiger partial charge in [-0.25, -0.2) is 13.4 Å². The molecule has 1 amide bonds. The molecule has 30 heavy (non-hydrogen) atoms. The minimum absolute atomic E-state index is 0.141. The van der Waals surface area contributed by atoms with Crippen LogP contribution in [0.4, 0.5) is 0 Å². The molecular weight excluding hydrogens is 422 g/mol. The van der Waals surface area contributed by atoms with Crippen molar-refractivity contribution in [3.8, 4) is 0 Å². The summed E-state index contributed by atoms with van der Waals surface area (Å²) < 4.78 is 29.7. The number of carbonyl (C=O) groups is 1. The van der Waals surface area contributed by atoms with Gasteiger partial charge < -0.3 is 9.32 Å². The van der Waals surface area contributed by atoms with Crippen molar-refractivity contribution in [3.63, 3.8) is 0 Å². The second kappa shape index (κ2) is 8.49. The first-order chi connectivity index (χ1) is 14.3. The summed E-state index contributed by atoms with van der Waals surface area (Å²) in [4.78, 5) is 21.8. The molecule has 0 spiro atoms. The van der Waals surface area contributed by atoms with Crippen molar-refractivity contribution in [1.82, 2.24) is 14.8 Å². The third-order valence-electron chi connectivity index (χ3n) is 5.25. The lowest BCUT2D eigenvalue weighted by molar-refractivity contribution is 0.0598. The van der Waals surface area contributed by atoms with Crippen molar-refractivity contribution in [1.29, 1.82) is 0 Å². The molecule has 0 bridgehead atoms. The van der Waals surface area contributed by atoms with Crippen molar-refractivity contribution >= 4 is 38.1 Å². The quantitative estimate of drug-likeness (QED) is 0.578. The zero-order valence-electron chi connectivity index (χ0n) is 17.1. The van der Waals surface area contributed by atoms with Crippen molar-refractivity contribution in [2.75, 3.05) is 32.4 Å². The first-order valence-corrected chi connectivity index (χ1v) is 12.9. The van der Waals surface area contributed by atoms with Crippen LogP contribution in [0.1, 0.15) is 33.7 Å². The predicted molar refractivity (Wildman–Crippen MR) is 117 cm³/mol. The highest BCUT2D eigenvalue weighted by atomic mass is 32.2. The lowest BCUT2D eigenvalue weighted by Gasteiger charge is -2.34. The van der Waals surface area contributed by atoms with Gasteiger partial charge in [-0.2, -0.15) is 0 Å². The van der Waals surface area contributed by atoms with Crippen molar-refractivity contribution in [2.45, 2.75) is 25.6 Å². The number of furan rings is 1. The molecule has 1 aliphatic rings. The topological polar surface area (TPSA) is 83.7 Å². The van der Waals surface area contributed by atoms with Gasteiger partial charge in [0.1, 0.15) is 5.58 Å². The van der Waals surface area contributed by atoms with Gasteiger partial charge in [0.25, 0.3) is 5.91 Å². The summed E-state index contributed by atoms with van der Waals surface area (Å²) in [5, 5.41) is 3.92. The Morgan fingerprint density at radius 3 is 2.60 bits per heavy atom. The average Bonchev–Trinajstić information content (AvgIpc) is 3.32. The fraction of sp³-hybridized carbons (Fsp3) is 0.429. The number of rotatable bonds is 6. The summed E-state index contributed by atoms with van der Waals surface area (Å²) in [6, 6.07) is 7.19. The molecule has 1 aliphatic heterocycles. The molecule has 1 aromatic carbocycles. The third-order valence-corrected chi connectivity index (χ3v) is 7.10. The molecule has 160 valence electrons. The molecule has 1 saturated heterocycles. The van der Waals surface area contributed by atoms with Gasteiger partial charge in [-0.05, 0) is 12.5 Å². The lowest BCUT2D eigenvalue weighted by Crippen LogP contribution is -2.48. The molecule has 3 heterocycles. The number of fused-ring (bicyclic) bond motifs is 1. The molecule has 0 radical (unpaired) electrons. The molecule has 1 fully saturated rings. The minimum Gasteiger partial charge on any atom is -0.451 e. The monoisotopic (exact) mass is 447 g/mol. The SMILES string of the molecule is CCc1nc(CN2CCN(C(=O)c3oc4ccccc4c3CS(C)(=O)=O)CC2)cs1. The number of hydrogen-bond acceptors (Lipinski definition) is 7. The van der Waals surface area contributed by atoms with Crippen LogP contribution in [-0.2, 0) is 28.6 Å². The maximum Gasteiger partial charge on any atom is 0.290 e. The number of benzene rings is 1. The van der Waals surface area contributed by atoms with E-state index in [2.05, 4.69) is 22.2 Å². The van der Waals surface area contributed by atoms with Gasteiger partial charge in [-0.15, -0.1) is 11.3 Å². The van der Waals surface area contributed by atoms with Gasteiger partial charge in [0.05, 0.1) is 16.5 Å². The number of amides is 1. The van der Waals surface area contributed by atoms with Gasteiger partial charge in [0.2, 0.25) is 0 Å². The zero-order valence-corrected chi connectivity index (χ0v) is 18.8. The Hall–Kier alpha value is -2.23. The van der Waals surface area contributed by atoms with E-state index in [1.807, 2.05) is 12.1 Å². The molecule has 3 aromatic rings. The number of para-hydroxylation sites is 1. The molecule has 9 heteroatoms. The van der Waals surface area contributed by atoms with Gasteiger partial charge in [-0.3, -0.25) is 9.69 Å². The van der Waals surface area contributed by atoms with Crippen LogP contribution in [0.3, 0.4) is 0 Å². The van der Waals surface area contributed by atoms with E-state index in [-0.39, 0.29) is 17.4 Å². The highest BCUT2D eigenvalue weighted by Crippen LogP contribution is 2.29. The van der Waals surface area contributed by atoms with Crippen molar-refractivity contribution in [2.24, 2.45) is 0 Å². The summed E-state index contributed by atoms with van der Waals surface area (Å²) in [5.74, 6) is -0.317. The molecular formula is C21H25N3O4S2. The van der Waals surface area contributed by atoms with E-state index in [1.165, 1.54) is 6.26 Å². The van der Waals surface area contributed by atoms with Crippen LogP contribution in [0.25, 0.3) is 11.0 Å². The highest BCUT2D eigenvalue weighted by Gasteiger charge is 2.29. The Labute approximate surface area is 180 Å². The zero-order chi connectivity index (χ0) is 21.3. The van der Waals surface area contributed by atoms with Crippen LogP contribution in [0, 0.1) is 0 Å². The van der Waals surface area contributed by atoms with Crippen LogP contribution in [0.15, 0.2) is 34.1 Å². The van der Waals surface area contributed by atoms with Gasteiger partial charge >= 0.3 is 0 Å². The van der Waals surface area contributed by atoms with E-state index in [4.69, 9.17) is 4.42 Å². The smallest absolute Gasteiger partial charge is 0.290 e. The standard InChI is InChI=1S/C21H25N3O4S2/c1-3-19-22-15(13-29-19)12-23-8-10-24(11-9-23)21(25)20-17(14-30(2,26)27)16-6-4-5-7-18(16)28-20/h4-7,13H,3,8-12,14H2,1-2H3. The number of nitrogens with zero attached hydrogens (tertiary/aromatic N) is 3. The van der Waals surface area contributed by atoms with Crippen LogP contribution in [0.2, 0.25) is 0 Å². The highest BCUT2D eigenvalue weighted by molar-refractivity contribution is 7.89. The molecule has 0 saturated carbocycles. The summed E-state index contributed by atoms with van der Waals surface area (Å²) >= 11 is 1.68. The van der Waals surface area contributed by atoms with E-state index in [9.17, 15) is 13.2 Å². The van der Waals surface area contributed by atoms with Gasteiger partial charge in [-0.1, -0.05) is 25.1 Å². The Balaban J connectivity index is 1.49. The molecule has 2 aromatic heterocycles. The van der Waals surface area contributed by atoms with Gasteiger partial charge in [0, 0.05) is 55.3 Å². The normalized spacial score (nSPS) is 15.7. The minimum atomic E-state index is -3.31. The summed E-state index contributed by atoms with van der Waals surface area (Å²) in [5.41, 5.74) is 2.06. The number of thiazole rings is 1. The fourth-order valence-electron chi connectivity index (χ4n) is 3.74. The van der Waals surface area contributed by atoms with E-state index >= 15 is 0 Å². The van der Waals surface area contributed by atoms with E-state index < -0.39 is 9.84 Å². The summed E-state index contributed by atoms with van der Waals surface area (Å²) in [7, 11) is -3.31. The van der Waals surface area contributed by atoms with Crippen LogP contribution in [0.5, 0.6) is 0 Å². The molecule has 0 unspecified atom stereocenters. The summed E-state index contributed by atoms with van der Waals surface area (Å²) in [6.07, 6.45) is 2.12. The fourth-order valence-corrected chi connectivity index (χ4v) is 5.29. The number of aromatic nitrogens is 1. The Bertz CT molecular complexity index is 1160. The second-order valence-electron chi connectivity index (χ2n) is 7.63. The van der Waals surface area contributed by atoms with E-state index in [0.29, 0.717) is 29.6 Å². The molecule has 0 N–H and O–H groups in total. The van der Waals surface area contributed by atoms with Crippen LogP contribution < -0.4 is 0 Å². The Morgan fingerprint density at radius 2 is 1.93 bits per heavy atom. The number of carbonyl (C=O) groups excluding carboxylic acids is 1. The van der Waals surface area contributed by atoms with E-state index in [1.54, 1.807) is 28.4 Å². The van der Waals surface area contributed by atoms with Crippen molar-refractivity contribution < 1.29 is 17.6 Å². The average molecular weight is 448 g/mol. The second-order valence-corrected chi connectivity index (χ2v) is 10.7. The Kier molecular flexibility index (Phi) is 5.95. The molecule has 0 atom stereocenters. The summed E-state index contributed by atoms with van der Waals surface area (Å²) in [6.45, 7) is 5.50. The van der Waals surface area contributed by atoms with E-state index in [0.717, 1.165) is 36.8 Å². The van der Waals surface area contributed by atoms with Gasteiger partial charge in [0.15, 0.2) is 15.6 Å². The maximum atomic E-state index is 13.2. The number of sulfone groups is 1. The number of hydrogen-bond donors (Lipinski definition) is 0. The largest absolute Gasteiger partial charge is 0.451 e. The molecule has 7 nitrogen and oxygen atoms in total. The maximum absolute atomic E-state index is 13.2.